The summed E-state index contributed by atoms with van der Waals surface area (Å²) in [6.45, 7) is 6.49. The lowest BCUT2D eigenvalue weighted by Gasteiger charge is -2.18. The third-order valence-corrected chi connectivity index (χ3v) is 13.8. The first-order chi connectivity index (χ1) is 35.5. The van der Waals surface area contributed by atoms with Crippen LogP contribution in [0.5, 0.6) is 0 Å². The maximum Gasteiger partial charge on any atom is 0.310 e. The molecule has 0 aromatic heterocycles. The summed E-state index contributed by atoms with van der Waals surface area (Å²) >= 11 is 0. The first-order valence-electron chi connectivity index (χ1n) is 31.3. The minimum absolute atomic E-state index is 0.102. The Bertz CT molecular complexity index is 1290. The highest BCUT2D eigenvalue weighted by Gasteiger charge is 2.19. The van der Waals surface area contributed by atoms with Crippen LogP contribution in [0.3, 0.4) is 0 Å². The summed E-state index contributed by atoms with van der Waals surface area (Å²) in [5.74, 6) is -1.02. The number of hydrogen-bond acceptors (Lipinski definition) is 6. The normalized spacial score (nSPS) is 12.4. The van der Waals surface area contributed by atoms with Crippen molar-refractivity contribution in [1.29, 1.82) is 0 Å². The van der Waals surface area contributed by atoms with Crippen LogP contribution >= 0.6 is 0 Å². The molecule has 0 aliphatic heterocycles. The van der Waals surface area contributed by atoms with Gasteiger partial charge in [-0.3, -0.25) is 14.4 Å². The second-order valence-corrected chi connectivity index (χ2v) is 21.0. The number of allylic oxidation sites excluding steroid dienone is 9. The van der Waals surface area contributed by atoms with Crippen LogP contribution in [0.4, 0.5) is 0 Å². The minimum Gasteiger partial charge on any atom is -0.462 e. The molecular formula is C66H118O6. The van der Waals surface area contributed by atoms with Crippen LogP contribution in [0, 0.1) is 0 Å². The van der Waals surface area contributed by atoms with Gasteiger partial charge < -0.3 is 14.2 Å². The molecular weight excluding hydrogens is 889 g/mol. The third-order valence-electron chi connectivity index (χ3n) is 13.8. The summed E-state index contributed by atoms with van der Waals surface area (Å²) in [4.78, 5) is 38.1. The first-order valence-corrected chi connectivity index (χ1v) is 31.3. The molecule has 0 saturated carbocycles. The van der Waals surface area contributed by atoms with Crippen LogP contribution < -0.4 is 0 Å². The molecule has 0 aromatic carbocycles. The molecule has 0 aliphatic rings. The first kappa shape index (κ1) is 69.1. The molecule has 6 heteroatoms. The number of unbranched alkanes of at least 4 members (excludes halogenated alkanes) is 37. The zero-order valence-electron chi connectivity index (χ0n) is 47.9. The largest absolute Gasteiger partial charge is 0.462 e. The Morgan fingerprint density at radius 3 is 0.792 bits per heavy atom. The topological polar surface area (TPSA) is 78.9 Å². The van der Waals surface area contributed by atoms with Gasteiger partial charge in [0.05, 0.1) is 6.42 Å². The second kappa shape index (κ2) is 60.7. The van der Waals surface area contributed by atoms with Gasteiger partial charge in [0.15, 0.2) is 6.10 Å². The highest BCUT2D eigenvalue weighted by atomic mass is 16.6. The van der Waals surface area contributed by atoms with Crippen LogP contribution in [0.1, 0.15) is 323 Å². The van der Waals surface area contributed by atoms with Crippen LogP contribution in [-0.2, 0) is 28.6 Å². The van der Waals surface area contributed by atoms with E-state index in [9.17, 15) is 14.4 Å². The average Bonchev–Trinajstić information content (AvgIpc) is 3.38. The van der Waals surface area contributed by atoms with E-state index in [1.165, 1.54) is 212 Å². The SMILES string of the molecule is CC/C=C\C/C=C\C/C=C\C/C=C\C/C=C\CC(=O)OC(COC(=O)CCCCCCCCCCCCCCC)COC(=O)CCCCCCCCCCCCCCCCCCCCCCCCCCCC. The standard InChI is InChI=1S/C66H118O6/c1-4-7-10-13-16-19-22-25-27-28-29-30-31-32-33-34-35-36-37-39-41-44-47-50-53-56-59-65(68)71-62-63(61-70-64(67)58-55-52-49-46-43-40-24-21-18-15-12-9-6-3)72-66(69)60-57-54-51-48-45-42-38-26-23-20-17-14-11-8-5-2/h8,11,17,20,26,38,45,48,54,57,63H,4-7,9-10,12-16,18-19,21-25,27-37,39-44,46-47,49-53,55-56,58-62H2,1-3H3/b11-8-,20-17-,38-26-,48-45-,57-54-. The summed E-state index contributed by atoms with van der Waals surface area (Å²) in [7, 11) is 0. The van der Waals surface area contributed by atoms with E-state index >= 15 is 0 Å². The molecule has 0 amide bonds. The molecule has 6 nitrogen and oxygen atoms in total. The Hall–Kier alpha value is -2.89. The van der Waals surface area contributed by atoms with Gasteiger partial charge in [-0.15, -0.1) is 0 Å². The molecule has 0 fully saturated rings. The Morgan fingerprint density at radius 1 is 0.292 bits per heavy atom. The molecule has 0 bridgehead atoms. The van der Waals surface area contributed by atoms with Crippen molar-refractivity contribution >= 4 is 17.9 Å². The monoisotopic (exact) mass is 1010 g/mol. The van der Waals surface area contributed by atoms with Crippen molar-refractivity contribution in [3.8, 4) is 0 Å². The number of carbonyl (C=O) groups excluding carboxylic acids is 3. The zero-order chi connectivity index (χ0) is 52.2. The smallest absolute Gasteiger partial charge is 0.310 e. The number of rotatable bonds is 57. The Kier molecular flexibility index (Phi) is 58.2. The lowest BCUT2D eigenvalue weighted by molar-refractivity contribution is -0.166. The van der Waals surface area contributed by atoms with Gasteiger partial charge in [0.1, 0.15) is 13.2 Å². The van der Waals surface area contributed by atoms with Gasteiger partial charge in [0, 0.05) is 12.8 Å². The fourth-order valence-electron chi connectivity index (χ4n) is 9.17. The van der Waals surface area contributed by atoms with Crippen LogP contribution in [0.25, 0.3) is 0 Å². The van der Waals surface area contributed by atoms with Crippen molar-refractivity contribution in [3.63, 3.8) is 0 Å². The summed E-state index contributed by atoms with van der Waals surface area (Å²) in [6.07, 6.45) is 77.0. The molecule has 0 N–H and O–H groups in total. The van der Waals surface area contributed by atoms with E-state index in [1.807, 2.05) is 6.08 Å². The fourth-order valence-corrected chi connectivity index (χ4v) is 9.17. The molecule has 72 heavy (non-hydrogen) atoms. The Labute approximate surface area is 447 Å². The second-order valence-electron chi connectivity index (χ2n) is 21.0. The van der Waals surface area contributed by atoms with Crippen molar-refractivity contribution in [1.82, 2.24) is 0 Å². The van der Waals surface area contributed by atoms with Crippen molar-refractivity contribution in [2.45, 2.75) is 329 Å². The van der Waals surface area contributed by atoms with E-state index in [2.05, 4.69) is 69.4 Å². The number of ether oxygens (including phenoxy) is 3. The van der Waals surface area contributed by atoms with E-state index < -0.39 is 12.1 Å². The van der Waals surface area contributed by atoms with Gasteiger partial charge in [-0.2, -0.15) is 0 Å². The zero-order valence-corrected chi connectivity index (χ0v) is 47.9. The van der Waals surface area contributed by atoms with Crippen molar-refractivity contribution in [2.75, 3.05) is 13.2 Å². The maximum atomic E-state index is 12.8. The molecule has 0 saturated heterocycles. The summed E-state index contributed by atoms with van der Waals surface area (Å²) < 4.78 is 16.8. The Balaban J connectivity index is 4.27. The van der Waals surface area contributed by atoms with Gasteiger partial charge in [-0.25, -0.2) is 0 Å². The van der Waals surface area contributed by atoms with Gasteiger partial charge >= 0.3 is 17.9 Å². The number of esters is 3. The van der Waals surface area contributed by atoms with Gasteiger partial charge in [-0.05, 0) is 44.9 Å². The molecule has 0 rings (SSSR count). The highest BCUT2D eigenvalue weighted by Crippen LogP contribution is 2.18. The number of hydrogen-bond donors (Lipinski definition) is 0. The van der Waals surface area contributed by atoms with Crippen LogP contribution in [-0.4, -0.2) is 37.2 Å². The molecule has 0 heterocycles. The average molecular weight is 1010 g/mol. The van der Waals surface area contributed by atoms with Crippen LogP contribution in [0.15, 0.2) is 60.8 Å². The highest BCUT2D eigenvalue weighted by molar-refractivity contribution is 5.72. The quantitative estimate of drug-likeness (QED) is 0.0261. The maximum absolute atomic E-state index is 12.8. The van der Waals surface area contributed by atoms with Gasteiger partial charge in [-0.1, -0.05) is 319 Å². The molecule has 0 radical (unpaired) electrons. The molecule has 1 unspecified atom stereocenters. The van der Waals surface area contributed by atoms with Crippen molar-refractivity contribution in [2.24, 2.45) is 0 Å². The van der Waals surface area contributed by atoms with Crippen LogP contribution in [0.2, 0.25) is 0 Å². The number of carbonyl (C=O) groups is 3. The summed E-state index contributed by atoms with van der Waals surface area (Å²) in [5.41, 5.74) is 0. The summed E-state index contributed by atoms with van der Waals surface area (Å²) in [6, 6.07) is 0. The van der Waals surface area contributed by atoms with E-state index in [1.54, 1.807) is 6.08 Å². The molecule has 0 spiro atoms. The van der Waals surface area contributed by atoms with E-state index in [4.69, 9.17) is 14.2 Å². The molecule has 0 aliphatic carbocycles. The lowest BCUT2D eigenvalue weighted by atomic mass is 10.0. The molecule has 418 valence electrons. The lowest BCUT2D eigenvalue weighted by Crippen LogP contribution is -2.30. The van der Waals surface area contributed by atoms with Gasteiger partial charge in [0.25, 0.3) is 0 Å². The van der Waals surface area contributed by atoms with Gasteiger partial charge in [0.2, 0.25) is 0 Å². The van der Waals surface area contributed by atoms with Crippen molar-refractivity contribution in [3.05, 3.63) is 60.8 Å². The predicted molar refractivity (Wildman–Crippen MR) is 312 cm³/mol. The minimum atomic E-state index is -0.825. The Morgan fingerprint density at radius 2 is 0.528 bits per heavy atom. The van der Waals surface area contributed by atoms with Crippen molar-refractivity contribution < 1.29 is 28.6 Å². The summed E-state index contributed by atoms with van der Waals surface area (Å²) in [5, 5.41) is 0. The van der Waals surface area contributed by atoms with E-state index in [0.29, 0.717) is 12.8 Å². The molecule has 1 atom stereocenters. The third kappa shape index (κ3) is 58.0. The molecule has 0 aromatic rings. The van der Waals surface area contributed by atoms with E-state index in [-0.39, 0.29) is 31.6 Å². The van der Waals surface area contributed by atoms with E-state index in [0.717, 1.165) is 70.6 Å². The fraction of sp³-hybridized carbons (Fsp3) is 0.803. The predicted octanol–water partition coefficient (Wildman–Crippen LogP) is 21.2.